The van der Waals surface area contributed by atoms with Crippen LogP contribution in [0.5, 0.6) is 0 Å². The number of hydrogen-bond acceptors (Lipinski definition) is 2. The molecule has 0 atom stereocenters. The molecule has 4 heteroatoms. The standard InChI is InChI=1S/C20H14ClN3/c21-15-11-9-14(10-12-15)13-22-17-6-2-1-5-16(17)20-23-18-7-3-4-8-19(18)24-20/h1-13H,(H,23,24). The second-order valence-corrected chi connectivity index (χ2v) is 5.87. The predicted molar refractivity (Wildman–Crippen MR) is 100 cm³/mol. The van der Waals surface area contributed by atoms with Gasteiger partial charge in [0.15, 0.2) is 0 Å². The number of benzene rings is 3. The van der Waals surface area contributed by atoms with Gasteiger partial charge >= 0.3 is 0 Å². The third-order valence-corrected chi connectivity index (χ3v) is 4.02. The predicted octanol–water partition coefficient (Wildman–Crippen LogP) is 5.63. The van der Waals surface area contributed by atoms with Crippen molar-refractivity contribution in [3.05, 3.63) is 83.4 Å². The Morgan fingerprint density at radius 2 is 1.62 bits per heavy atom. The van der Waals surface area contributed by atoms with E-state index in [1.54, 1.807) is 0 Å². The highest BCUT2D eigenvalue weighted by Gasteiger charge is 2.08. The first-order valence-corrected chi connectivity index (χ1v) is 8.01. The molecule has 0 aliphatic heterocycles. The van der Waals surface area contributed by atoms with E-state index in [-0.39, 0.29) is 0 Å². The quantitative estimate of drug-likeness (QED) is 0.485. The summed E-state index contributed by atoms with van der Waals surface area (Å²) in [5.74, 6) is 0.819. The number of rotatable bonds is 3. The zero-order valence-corrected chi connectivity index (χ0v) is 13.5. The fourth-order valence-electron chi connectivity index (χ4n) is 2.56. The molecule has 24 heavy (non-hydrogen) atoms. The molecule has 116 valence electrons. The van der Waals surface area contributed by atoms with Crippen molar-refractivity contribution in [3.8, 4) is 11.4 Å². The molecule has 3 aromatic carbocycles. The van der Waals surface area contributed by atoms with Gasteiger partial charge in [0, 0.05) is 16.8 Å². The number of para-hydroxylation sites is 3. The van der Waals surface area contributed by atoms with Gasteiger partial charge < -0.3 is 4.98 Å². The topological polar surface area (TPSA) is 41.0 Å². The van der Waals surface area contributed by atoms with Crippen molar-refractivity contribution in [1.29, 1.82) is 0 Å². The third kappa shape index (κ3) is 2.94. The van der Waals surface area contributed by atoms with Crippen molar-refractivity contribution >= 4 is 34.5 Å². The van der Waals surface area contributed by atoms with Crippen LogP contribution in [0.4, 0.5) is 5.69 Å². The van der Waals surface area contributed by atoms with Gasteiger partial charge in [0.2, 0.25) is 0 Å². The van der Waals surface area contributed by atoms with E-state index in [0.717, 1.165) is 38.7 Å². The monoisotopic (exact) mass is 331 g/mol. The van der Waals surface area contributed by atoms with Crippen LogP contribution in [0.3, 0.4) is 0 Å². The molecule has 0 amide bonds. The Morgan fingerprint density at radius 1 is 0.875 bits per heavy atom. The number of nitrogens with one attached hydrogen (secondary N) is 1. The maximum Gasteiger partial charge on any atom is 0.140 e. The zero-order chi connectivity index (χ0) is 16.4. The largest absolute Gasteiger partial charge is 0.338 e. The molecule has 0 bridgehead atoms. The number of aliphatic imine (C=N–C) groups is 1. The van der Waals surface area contributed by atoms with Gasteiger partial charge in [-0.3, -0.25) is 4.99 Å². The Balaban J connectivity index is 1.73. The lowest BCUT2D eigenvalue weighted by Crippen LogP contribution is -1.83. The summed E-state index contributed by atoms with van der Waals surface area (Å²) in [6.07, 6.45) is 1.83. The number of aromatic nitrogens is 2. The first-order chi connectivity index (χ1) is 11.8. The number of aromatic amines is 1. The Kier molecular flexibility index (Phi) is 3.85. The van der Waals surface area contributed by atoms with Crippen LogP contribution in [0, 0.1) is 0 Å². The van der Waals surface area contributed by atoms with E-state index in [4.69, 9.17) is 11.6 Å². The van der Waals surface area contributed by atoms with Crippen molar-refractivity contribution in [1.82, 2.24) is 9.97 Å². The summed E-state index contributed by atoms with van der Waals surface area (Å²) in [7, 11) is 0. The average Bonchev–Trinajstić information content (AvgIpc) is 3.05. The highest BCUT2D eigenvalue weighted by molar-refractivity contribution is 6.30. The van der Waals surface area contributed by atoms with E-state index in [2.05, 4.69) is 15.0 Å². The molecular formula is C20H14ClN3. The number of nitrogens with zero attached hydrogens (tertiary/aromatic N) is 2. The summed E-state index contributed by atoms with van der Waals surface area (Å²) in [4.78, 5) is 12.6. The van der Waals surface area contributed by atoms with E-state index in [9.17, 15) is 0 Å². The van der Waals surface area contributed by atoms with Crippen molar-refractivity contribution in [2.24, 2.45) is 4.99 Å². The maximum absolute atomic E-state index is 5.92. The summed E-state index contributed by atoms with van der Waals surface area (Å²) in [6.45, 7) is 0. The summed E-state index contributed by atoms with van der Waals surface area (Å²) in [5, 5.41) is 0.717. The number of hydrogen-bond donors (Lipinski definition) is 1. The van der Waals surface area contributed by atoms with Crippen LogP contribution in [0.1, 0.15) is 5.56 Å². The molecule has 3 nitrogen and oxygen atoms in total. The fourth-order valence-corrected chi connectivity index (χ4v) is 2.69. The molecule has 0 saturated carbocycles. The molecule has 4 rings (SSSR count). The smallest absolute Gasteiger partial charge is 0.140 e. The number of H-pyrrole nitrogens is 1. The van der Waals surface area contributed by atoms with Crippen LogP contribution < -0.4 is 0 Å². The number of fused-ring (bicyclic) bond motifs is 1. The Labute approximate surface area is 144 Å². The van der Waals surface area contributed by atoms with Crippen molar-refractivity contribution in [2.75, 3.05) is 0 Å². The first kappa shape index (κ1) is 14.7. The highest BCUT2D eigenvalue weighted by Crippen LogP contribution is 2.29. The molecule has 1 heterocycles. The molecule has 1 aromatic heterocycles. The van der Waals surface area contributed by atoms with E-state index in [1.165, 1.54) is 0 Å². The fraction of sp³-hybridized carbons (Fsp3) is 0. The first-order valence-electron chi connectivity index (χ1n) is 7.63. The van der Waals surface area contributed by atoms with Crippen molar-refractivity contribution in [2.45, 2.75) is 0 Å². The molecule has 1 N–H and O–H groups in total. The van der Waals surface area contributed by atoms with Crippen LogP contribution in [0.15, 0.2) is 77.8 Å². The van der Waals surface area contributed by atoms with E-state index < -0.39 is 0 Å². The SMILES string of the molecule is Clc1ccc(C=Nc2ccccc2-c2nc3ccccc3[nH]2)cc1. The molecule has 0 fully saturated rings. The second kappa shape index (κ2) is 6.30. The van der Waals surface area contributed by atoms with Gasteiger partial charge in [-0.15, -0.1) is 0 Å². The molecule has 0 aliphatic rings. The third-order valence-electron chi connectivity index (χ3n) is 3.77. The summed E-state index contributed by atoms with van der Waals surface area (Å²) in [5.41, 5.74) is 4.80. The molecule has 0 unspecified atom stereocenters. The molecule has 0 radical (unpaired) electrons. The van der Waals surface area contributed by atoms with Crippen molar-refractivity contribution in [3.63, 3.8) is 0 Å². The Bertz CT molecular complexity index is 983. The Morgan fingerprint density at radius 3 is 2.46 bits per heavy atom. The summed E-state index contributed by atoms with van der Waals surface area (Å²) in [6, 6.07) is 23.5. The average molecular weight is 332 g/mol. The van der Waals surface area contributed by atoms with Crippen molar-refractivity contribution < 1.29 is 0 Å². The minimum atomic E-state index is 0.717. The van der Waals surface area contributed by atoms with Gasteiger partial charge in [0.25, 0.3) is 0 Å². The van der Waals surface area contributed by atoms with Crippen LogP contribution in [0.2, 0.25) is 5.02 Å². The molecule has 4 aromatic rings. The van der Waals surface area contributed by atoms with E-state index in [1.807, 2.05) is 79.0 Å². The van der Waals surface area contributed by atoms with Crippen LogP contribution in [0.25, 0.3) is 22.4 Å². The van der Waals surface area contributed by atoms with Crippen LogP contribution >= 0.6 is 11.6 Å². The number of halogens is 1. The van der Waals surface area contributed by atoms with Gasteiger partial charge in [0.05, 0.1) is 16.7 Å². The van der Waals surface area contributed by atoms with Gasteiger partial charge in [-0.1, -0.05) is 48.0 Å². The summed E-state index contributed by atoms with van der Waals surface area (Å²) < 4.78 is 0. The zero-order valence-electron chi connectivity index (χ0n) is 12.8. The second-order valence-electron chi connectivity index (χ2n) is 5.43. The van der Waals surface area contributed by atoms with E-state index >= 15 is 0 Å². The lowest BCUT2D eigenvalue weighted by Gasteiger charge is -2.02. The minimum absolute atomic E-state index is 0.717. The van der Waals surface area contributed by atoms with Gasteiger partial charge in [-0.2, -0.15) is 0 Å². The van der Waals surface area contributed by atoms with Gasteiger partial charge in [-0.25, -0.2) is 4.98 Å². The lowest BCUT2D eigenvalue weighted by atomic mass is 10.1. The highest BCUT2D eigenvalue weighted by atomic mass is 35.5. The minimum Gasteiger partial charge on any atom is -0.338 e. The summed E-state index contributed by atoms with van der Waals surface area (Å²) >= 11 is 5.92. The van der Waals surface area contributed by atoms with Crippen LogP contribution in [-0.2, 0) is 0 Å². The maximum atomic E-state index is 5.92. The molecule has 0 spiro atoms. The van der Waals surface area contributed by atoms with Gasteiger partial charge in [-0.05, 0) is 42.0 Å². The van der Waals surface area contributed by atoms with E-state index in [0.29, 0.717) is 0 Å². The lowest BCUT2D eigenvalue weighted by molar-refractivity contribution is 1.33. The normalized spacial score (nSPS) is 11.4. The van der Waals surface area contributed by atoms with Crippen LogP contribution in [-0.4, -0.2) is 16.2 Å². The molecule has 0 saturated heterocycles. The molecule has 0 aliphatic carbocycles. The number of imidazole rings is 1. The molecular weight excluding hydrogens is 318 g/mol. The van der Waals surface area contributed by atoms with Gasteiger partial charge in [0.1, 0.15) is 5.82 Å². The Hall–Kier alpha value is -2.91.